The van der Waals surface area contributed by atoms with Crippen LogP contribution in [0.1, 0.15) is 35.7 Å². The van der Waals surface area contributed by atoms with E-state index in [4.69, 9.17) is 5.11 Å². The average molecular weight is 315 g/mol. The van der Waals surface area contributed by atoms with Crippen LogP contribution in [0.2, 0.25) is 0 Å². The minimum atomic E-state index is -0.878. The lowest BCUT2D eigenvalue weighted by atomic mass is 10.0. The first-order valence-electron chi connectivity index (χ1n) is 7.68. The molecule has 122 valence electrons. The number of nitrogens with zero attached hydrogens (tertiary/aromatic N) is 2. The van der Waals surface area contributed by atoms with Crippen LogP contribution in [0.15, 0.2) is 42.7 Å². The molecule has 0 radical (unpaired) electrons. The van der Waals surface area contributed by atoms with Crippen molar-refractivity contribution in [3.63, 3.8) is 0 Å². The zero-order chi connectivity index (χ0) is 16.7. The van der Waals surface area contributed by atoms with E-state index >= 15 is 0 Å². The lowest BCUT2D eigenvalue weighted by Gasteiger charge is -2.14. The standard InChI is InChI=1S/C17H21N3O3/c1-2-6-13(17(22)23)11-18-16(21)15-8-4-3-7-14(15)12-20-10-5-9-19-20/h3-5,7-10,13H,2,6,11-12H2,1H3,(H,18,21)(H,22,23). The summed E-state index contributed by atoms with van der Waals surface area (Å²) in [4.78, 5) is 23.5. The van der Waals surface area contributed by atoms with Crippen LogP contribution < -0.4 is 5.32 Å². The first-order chi connectivity index (χ1) is 11.1. The Morgan fingerprint density at radius 1 is 1.30 bits per heavy atom. The summed E-state index contributed by atoms with van der Waals surface area (Å²) in [6, 6.07) is 9.10. The highest BCUT2D eigenvalue weighted by molar-refractivity contribution is 5.95. The van der Waals surface area contributed by atoms with Crippen molar-refractivity contribution in [3.8, 4) is 0 Å². The van der Waals surface area contributed by atoms with E-state index in [1.807, 2.05) is 31.3 Å². The molecular formula is C17H21N3O3. The molecule has 0 aliphatic carbocycles. The van der Waals surface area contributed by atoms with Gasteiger partial charge in [-0.15, -0.1) is 0 Å². The van der Waals surface area contributed by atoms with Crippen molar-refractivity contribution < 1.29 is 14.7 Å². The van der Waals surface area contributed by atoms with Crippen molar-refractivity contribution in [1.82, 2.24) is 15.1 Å². The molecule has 2 rings (SSSR count). The van der Waals surface area contributed by atoms with Gasteiger partial charge >= 0.3 is 5.97 Å². The first-order valence-corrected chi connectivity index (χ1v) is 7.68. The van der Waals surface area contributed by atoms with Crippen LogP contribution in [0.5, 0.6) is 0 Å². The third-order valence-electron chi connectivity index (χ3n) is 3.65. The number of amides is 1. The number of carboxylic acid groups (broad SMARTS) is 1. The van der Waals surface area contributed by atoms with Crippen molar-refractivity contribution in [2.24, 2.45) is 5.92 Å². The molecule has 0 spiro atoms. The van der Waals surface area contributed by atoms with Crippen LogP contribution in [0.25, 0.3) is 0 Å². The van der Waals surface area contributed by atoms with Crippen LogP contribution in [0, 0.1) is 5.92 Å². The molecule has 0 saturated heterocycles. The average Bonchev–Trinajstić information content (AvgIpc) is 3.04. The predicted molar refractivity (Wildman–Crippen MR) is 86.1 cm³/mol. The molecule has 1 atom stereocenters. The number of hydrogen-bond donors (Lipinski definition) is 2. The van der Waals surface area contributed by atoms with Crippen molar-refractivity contribution >= 4 is 11.9 Å². The molecule has 1 heterocycles. The van der Waals surface area contributed by atoms with Gasteiger partial charge in [0, 0.05) is 24.5 Å². The molecule has 2 N–H and O–H groups in total. The Labute approximate surface area is 135 Å². The number of carbonyl (C=O) groups is 2. The molecule has 1 unspecified atom stereocenters. The predicted octanol–water partition coefficient (Wildman–Crippen LogP) is 2.16. The molecule has 6 heteroatoms. The fourth-order valence-electron chi connectivity index (χ4n) is 2.42. The van der Waals surface area contributed by atoms with Crippen molar-refractivity contribution in [2.75, 3.05) is 6.54 Å². The maximum absolute atomic E-state index is 12.4. The lowest BCUT2D eigenvalue weighted by molar-refractivity contribution is -0.141. The summed E-state index contributed by atoms with van der Waals surface area (Å²) < 4.78 is 1.74. The van der Waals surface area contributed by atoms with Crippen LogP contribution in [0.4, 0.5) is 0 Å². The number of carbonyl (C=O) groups excluding carboxylic acids is 1. The quantitative estimate of drug-likeness (QED) is 0.782. The van der Waals surface area contributed by atoms with E-state index in [1.165, 1.54) is 0 Å². The molecule has 0 fully saturated rings. The maximum atomic E-state index is 12.4. The molecule has 0 aliphatic heterocycles. The summed E-state index contributed by atoms with van der Waals surface area (Å²) in [7, 11) is 0. The largest absolute Gasteiger partial charge is 0.481 e. The van der Waals surface area contributed by atoms with E-state index in [0.29, 0.717) is 18.5 Å². The highest BCUT2D eigenvalue weighted by Gasteiger charge is 2.18. The lowest BCUT2D eigenvalue weighted by Crippen LogP contribution is -2.33. The number of aliphatic carboxylic acids is 1. The van der Waals surface area contributed by atoms with E-state index in [-0.39, 0.29) is 12.5 Å². The van der Waals surface area contributed by atoms with Gasteiger partial charge in [0.15, 0.2) is 0 Å². The topological polar surface area (TPSA) is 84.2 Å². The fourth-order valence-corrected chi connectivity index (χ4v) is 2.42. The maximum Gasteiger partial charge on any atom is 0.308 e. The number of aromatic nitrogens is 2. The molecule has 0 aliphatic rings. The van der Waals surface area contributed by atoms with Gasteiger partial charge < -0.3 is 10.4 Å². The van der Waals surface area contributed by atoms with Crippen LogP contribution in [-0.2, 0) is 11.3 Å². The van der Waals surface area contributed by atoms with Crippen molar-refractivity contribution in [1.29, 1.82) is 0 Å². The summed E-state index contributed by atoms with van der Waals surface area (Å²) in [6.45, 7) is 2.56. The van der Waals surface area contributed by atoms with Gasteiger partial charge in [0.05, 0.1) is 12.5 Å². The van der Waals surface area contributed by atoms with E-state index < -0.39 is 11.9 Å². The summed E-state index contributed by atoms with van der Waals surface area (Å²) in [5, 5.41) is 16.0. The second-order valence-corrected chi connectivity index (χ2v) is 5.39. The molecule has 23 heavy (non-hydrogen) atoms. The van der Waals surface area contributed by atoms with Crippen molar-refractivity contribution in [2.45, 2.75) is 26.3 Å². The Kier molecular flexibility index (Phi) is 5.91. The highest BCUT2D eigenvalue weighted by atomic mass is 16.4. The Bertz CT molecular complexity index is 653. The van der Waals surface area contributed by atoms with Gasteiger partial charge in [0.25, 0.3) is 5.91 Å². The Hall–Kier alpha value is -2.63. The minimum absolute atomic E-state index is 0.137. The molecule has 6 nitrogen and oxygen atoms in total. The van der Waals surface area contributed by atoms with E-state index in [9.17, 15) is 9.59 Å². The van der Waals surface area contributed by atoms with Crippen molar-refractivity contribution in [3.05, 3.63) is 53.9 Å². The van der Waals surface area contributed by atoms with Crippen LogP contribution >= 0.6 is 0 Å². The second kappa shape index (κ2) is 8.12. The Balaban J connectivity index is 2.05. The van der Waals surface area contributed by atoms with Crippen LogP contribution in [-0.4, -0.2) is 33.3 Å². The summed E-state index contributed by atoms with van der Waals surface area (Å²) in [5.41, 5.74) is 1.39. The number of rotatable bonds is 8. The van der Waals surface area contributed by atoms with Gasteiger partial charge in [-0.1, -0.05) is 31.5 Å². The fraction of sp³-hybridized carbons (Fsp3) is 0.353. The molecule has 0 saturated carbocycles. The zero-order valence-corrected chi connectivity index (χ0v) is 13.1. The molecule has 1 amide bonds. The molecular weight excluding hydrogens is 294 g/mol. The van der Waals surface area contributed by atoms with Gasteiger partial charge in [0.1, 0.15) is 0 Å². The number of hydrogen-bond acceptors (Lipinski definition) is 3. The van der Waals surface area contributed by atoms with Gasteiger partial charge in [-0.2, -0.15) is 5.10 Å². The number of nitrogens with one attached hydrogen (secondary N) is 1. The normalized spacial score (nSPS) is 11.9. The van der Waals surface area contributed by atoms with Gasteiger partial charge in [0.2, 0.25) is 0 Å². The monoisotopic (exact) mass is 315 g/mol. The minimum Gasteiger partial charge on any atom is -0.481 e. The molecule has 0 bridgehead atoms. The SMILES string of the molecule is CCCC(CNC(=O)c1ccccc1Cn1cccn1)C(=O)O. The first kappa shape index (κ1) is 16.7. The summed E-state index contributed by atoms with van der Waals surface area (Å²) in [6.07, 6.45) is 4.83. The van der Waals surface area contributed by atoms with Gasteiger partial charge in [-0.25, -0.2) is 0 Å². The third-order valence-corrected chi connectivity index (χ3v) is 3.65. The number of carboxylic acids is 1. The summed E-state index contributed by atoms with van der Waals surface area (Å²) in [5.74, 6) is -1.69. The van der Waals surface area contributed by atoms with E-state index in [0.717, 1.165) is 12.0 Å². The highest BCUT2D eigenvalue weighted by Crippen LogP contribution is 2.11. The smallest absolute Gasteiger partial charge is 0.308 e. The van der Waals surface area contributed by atoms with E-state index in [2.05, 4.69) is 10.4 Å². The molecule has 1 aromatic carbocycles. The Morgan fingerprint density at radius 2 is 2.09 bits per heavy atom. The van der Waals surface area contributed by atoms with Gasteiger partial charge in [-0.3, -0.25) is 14.3 Å². The molecule has 1 aromatic heterocycles. The summed E-state index contributed by atoms with van der Waals surface area (Å²) >= 11 is 0. The third kappa shape index (κ3) is 4.67. The van der Waals surface area contributed by atoms with Gasteiger partial charge in [-0.05, 0) is 24.1 Å². The van der Waals surface area contributed by atoms with Crippen LogP contribution in [0.3, 0.4) is 0 Å². The Morgan fingerprint density at radius 3 is 2.74 bits per heavy atom. The second-order valence-electron chi connectivity index (χ2n) is 5.39. The van der Waals surface area contributed by atoms with E-state index in [1.54, 1.807) is 23.0 Å². The molecule has 2 aromatic rings. The zero-order valence-electron chi connectivity index (χ0n) is 13.1. The number of benzene rings is 1.